The van der Waals surface area contributed by atoms with Crippen molar-refractivity contribution in [2.45, 2.75) is 6.10 Å². The number of aromatic nitrogens is 2. The molecule has 0 aliphatic carbocycles. The Morgan fingerprint density at radius 1 is 1.26 bits per heavy atom. The molecule has 0 aliphatic heterocycles. The molecule has 102 valence electrons. The van der Waals surface area contributed by atoms with Crippen molar-refractivity contribution < 1.29 is 14.6 Å². The average Bonchev–Trinajstić information content (AvgIpc) is 2.76. The molecule has 1 heterocycles. The van der Waals surface area contributed by atoms with Gasteiger partial charge in [-0.2, -0.15) is 5.10 Å². The van der Waals surface area contributed by atoms with E-state index in [-0.39, 0.29) is 0 Å². The number of nitrogens with zero attached hydrogens (tertiary/aromatic N) is 2. The van der Waals surface area contributed by atoms with E-state index >= 15 is 0 Å². The zero-order valence-electron chi connectivity index (χ0n) is 10.9. The predicted octanol–water partition coefficient (Wildman–Crippen LogP) is 2.17. The Bertz CT molecular complexity index is 542. The monoisotopic (exact) mass is 282 g/mol. The standard InChI is InChI=1S/C13H15ClN2O3/c1-16-12(8(14)7-15-16)13(17)11-9(18-2)5-4-6-10(11)19-3/h4-7,13,17H,1-3H3. The van der Waals surface area contributed by atoms with Gasteiger partial charge in [-0.3, -0.25) is 4.68 Å². The quantitative estimate of drug-likeness (QED) is 0.934. The van der Waals surface area contributed by atoms with Gasteiger partial charge in [-0.25, -0.2) is 0 Å². The minimum absolute atomic E-state index is 0.392. The lowest BCUT2D eigenvalue weighted by Gasteiger charge is -2.18. The molecule has 1 aromatic carbocycles. The summed E-state index contributed by atoms with van der Waals surface area (Å²) in [5.74, 6) is 1.06. The molecule has 2 aromatic rings. The van der Waals surface area contributed by atoms with Gasteiger partial charge in [0.25, 0.3) is 0 Å². The number of benzene rings is 1. The Balaban J connectivity index is 2.58. The highest BCUT2D eigenvalue weighted by Crippen LogP contribution is 2.38. The first-order valence-corrected chi connectivity index (χ1v) is 6.04. The first-order valence-electron chi connectivity index (χ1n) is 5.66. The van der Waals surface area contributed by atoms with E-state index in [1.165, 1.54) is 25.1 Å². The van der Waals surface area contributed by atoms with Gasteiger partial charge in [-0.15, -0.1) is 0 Å². The first-order chi connectivity index (χ1) is 9.10. The Labute approximate surface area is 116 Å². The second-order valence-electron chi connectivity index (χ2n) is 3.98. The summed E-state index contributed by atoms with van der Waals surface area (Å²) in [4.78, 5) is 0. The molecule has 0 bridgehead atoms. The zero-order chi connectivity index (χ0) is 14.0. The van der Waals surface area contributed by atoms with Crippen LogP contribution in [0.4, 0.5) is 0 Å². The van der Waals surface area contributed by atoms with E-state index in [4.69, 9.17) is 21.1 Å². The fraction of sp³-hybridized carbons (Fsp3) is 0.308. The molecule has 6 heteroatoms. The van der Waals surface area contributed by atoms with Crippen LogP contribution in [0, 0.1) is 0 Å². The Hall–Kier alpha value is -1.72. The summed E-state index contributed by atoms with van der Waals surface area (Å²) >= 11 is 6.06. The number of halogens is 1. The molecule has 1 unspecified atom stereocenters. The van der Waals surface area contributed by atoms with Gasteiger partial charge in [0.1, 0.15) is 17.6 Å². The van der Waals surface area contributed by atoms with E-state index in [0.717, 1.165) is 0 Å². The van der Waals surface area contributed by atoms with Crippen molar-refractivity contribution in [3.8, 4) is 11.5 Å². The molecule has 0 saturated heterocycles. The number of aryl methyl sites for hydroxylation is 1. The van der Waals surface area contributed by atoms with Crippen LogP contribution in [0.15, 0.2) is 24.4 Å². The van der Waals surface area contributed by atoms with Crippen molar-refractivity contribution in [1.82, 2.24) is 9.78 Å². The van der Waals surface area contributed by atoms with Crippen LogP contribution in [0.3, 0.4) is 0 Å². The van der Waals surface area contributed by atoms with Gasteiger partial charge >= 0.3 is 0 Å². The van der Waals surface area contributed by atoms with Gasteiger partial charge in [-0.05, 0) is 12.1 Å². The largest absolute Gasteiger partial charge is 0.496 e. The number of rotatable bonds is 4. The second kappa shape index (κ2) is 5.50. The number of hydrogen-bond donors (Lipinski definition) is 1. The molecule has 0 saturated carbocycles. The lowest BCUT2D eigenvalue weighted by atomic mass is 10.0. The zero-order valence-corrected chi connectivity index (χ0v) is 11.7. The molecule has 0 spiro atoms. The molecule has 19 heavy (non-hydrogen) atoms. The molecule has 0 radical (unpaired) electrons. The Morgan fingerprint density at radius 3 is 2.26 bits per heavy atom. The second-order valence-corrected chi connectivity index (χ2v) is 4.39. The molecule has 1 atom stereocenters. The number of methoxy groups -OCH3 is 2. The number of aliphatic hydroxyl groups excluding tert-OH is 1. The third-order valence-corrected chi connectivity index (χ3v) is 3.23. The molecule has 5 nitrogen and oxygen atoms in total. The van der Waals surface area contributed by atoms with Crippen molar-refractivity contribution >= 4 is 11.6 Å². The Kier molecular flexibility index (Phi) is 3.97. The van der Waals surface area contributed by atoms with Crippen molar-refractivity contribution in [1.29, 1.82) is 0 Å². The minimum Gasteiger partial charge on any atom is -0.496 e. The van der Waals surface area contributed by atoms with Crippen LogP contribution < -0.4 is 9.47 Å². The fourth-order valence-corrected chi connectivity index (χ4v) is 2.28. The van der Waals surface area contributed by atoms with E-state index in [1.54, 1.807) is 25.2 Å². The third kappa shape index (κ3) is 2.39. The topological polar surface area (TPSA) is 56.5 Å². The summed E-state index contributed by atoms with van der Waals surface area (Å²) < 4.78 is 12.1. The summed E-state index contributed by atoms with van der Waals surface area (Å²) in [6.45, 7) is 0. The highest BCUT2D eigenvalue weighted by atomic mass is 35.5. The van der Waals surface area contributed by atoms with Crippen molar-refractivity contribution in [2.75, 3.05) is 14.2 Å². The summed E-state index contributed by atoms with van der Waals surface area (Å²) in [6.07, 6.45) is 0.508. The van der Waals surface area contributed by atoms with Crippen molar-refractivity contribution in [3.05, 3.63) is 40.7 Å². The van der Waals surface area contributed by atoms with Crippen LogP contribution in [0.1, 0.15) is 17.4 Å². The summed E-state index contributed by atoms with van der Waals surface area (Å²) in [5, 5.41) is 15.0. The van der Waals surface area contributed by atoms with Crippen LogP contribution in [-0.4, -0.2) is 29.1 Å². The number of ether oxygens (including phenoxy) is 2. The number of hydrogen-bond acceptors (Lipinski definition) is 4. The van der Waals surface area contributed by atoms with Gasteiger partial charge in [0.15, 0.2) is 0 Å². The third-order valence-electron chi connectivity index (χ3n) is 2.94. The lowest BCUT2D eigenvalue weighted by molar-refractivity contribution is 0.199. The van der Waals surface area contributed by atoms with E-state index in [1.807, 2.05) is 0 Å². The normalized spacial score (nSPS) is 12.3. The van der Waals surface area contributed by atoms with E-state index < -0.39 is 6.10 Å². The summed E-state index contributed by atoms with van der Waals surface area (Å²) in [6, 6.07) is 5.30. The molecule has 0 aliphatic rings. The molecule has 2 rings (SSSR count). The van der Waals surface area contributed by atoms with Crippen LogP contribution >= 0.6 is 11.6 Å². The highest BCUT2D eigenvalue weighted by Gasteiger charge is 2.25. The van der Waals surface area contributed by atoms with E-state index in [0.29, 0.717) is 27.8 Å². The number of aliphatic hydroxyl groups is 1. The van der Waals surface area contributed by atoms with Gasteiger partial charge in [0, 0.05) is 7.05 Å². The Morgan fingerprint density at radius 2 is 1.84 bits per heavy atom. The molecule has 1 N–H and O–H groups in total. The van der Waals surface area contributed by atoms with Crippen molar-refractivity contribution in [3.63, 3.8) is 0 Å². The lowest BCUT2D eigenvalue weighted by Crippen LogP contribution is -2.10. The van der Waals surface area contributed by atoms with Gasteiger partial charge in [0.2, 0.25) is 0 Å². The van der Waals surface area contributed by atoms with Gasteiger partial charge in [0.05, 0.1) is 36.7 Å². The van der Waals surface area contributed by atoms with Crippen LogP contribution in [-0.2, 0) is 7.05 Å². The highest BCUT2D eigenvalue weighted by molar-refractivity contribution is 6.31. The van der Waals surface area contributed by atoms with E-state index in [9.17, 15) is 5.11 Å². The van der Waals surface area contributed by atoms with Crippen LogP contribution in [0.5, 0.6) is 11.5 Å². The smallest absolute Gasteiger partial charge is 0.129 e. The van der Waals surface area contributed by atoms with Gasteiger partial charge in [-0.1, -0.05) is 17.7 Å². The van der Waals surface area contributed by atoms with E-state index in [2.05, 4.69) is 5.10 Å². The maximum atomic E-state index is 10.6. The first kappa shape index (κ1) is 13.7. The molecule has 1 aromatic heterocycles. The maximum absolute atomic E-state index is 10.6. The molecule has 0 amide bonds. The summed E-state index contributed by atoms with van der Waals surface area (Å²) in [7, 11) is 4.79. The molecular weight excluding hydrogens is 268 g/mol. The summed E-state index contributed by atoms with van der Waals surface area (Å²) in [5.41, 5.74) is 1.02. The predicted molar refractivity (Wildman–Crippen MR) is 71.8 cm³/mol. The van der Waals surface area contributed by atoms with Gasteiger partial charge < -0.3 is 14.6 Å². The fourth-order valence-electron chi connectivity index (χ4n) is 2.01. The van der Waals surface area contributed by atoms with Crippen LogP contribution in [0.25, 0.3) is 0 Å². The molecule has 0 fully saturated rings. The minimum atomic E-state index is -0.980. The van der Waals surface area contributed by atoms with Crippen LogP contribution in [0.2, 0.25) is 5.02 Å². The average molecular weight is 283 g/mol. The van der Waals surface area contributed by atoms with Crippen molar-refractivity contribution in [2.24, 2.45) is 7.05 Å². The molecular formula is C13H15ClN2O3. The SMILES string of the molecule is COc1cccc(OC)c1C(O)c1c(Cl)cnn1C. The maximum Gasteiger partial charge on any atom is 0.129 e.